The van der Waals surface area contributed by atoms with Crippen LogP contribution < -0.4 is 0 Å². The molecule has 6 heteroatoms. The molecule has 0 aliphatic heterocycles. The average Bonchev–Trinajstić information content (AvgIpc) is 2.18. The number of benzene rings is 1. The van der Waals surface area contributed by atoms with Crippen molar-refractivity contribution in [1.29, 1.82) is 0 Å². The summed E-state index contributed by atoms with van der Waals surface area (Å²) in [5, 5.41) is 8.89. The van der Waals surface area contributed by atoms with Crippen LogP contribution in [-0.4, -0.2) is 11.1 Å². The highest BCUT2D eigenvalue weighted by Crippen LogP contribution is 2.36. The first-order chi connectivity index (χ1) is 8.14. The van der Waals surface area contributed by atoms with Gasteiger partial charge in [0.2, 0.25) is 0 Å². The van der Waals surface area contributed by atoms with Crippen molar-refractivity contribution in [2.24, 2.45) is 5.92 Å². The quantitative estimate of drug-likeness (QED) is 0.902. The van der Waals surface area contributed by atoms with Crippen molar-refractivity contribution in [2.75, 3.05) is 0 Å². The van der Waals surface area contributed by atoms with Gasteiger partial charge >= 0.3 is 12.1 Å². The lowest BCUT2D eigenvalue weighted by atomic mass is 9.88. The van der Waals surface area contributed by atoms with E-state index in [0.717, 1.165) is 18.2 Å². The molecule has 0 amide bonds. The summed E-state index contributed by atoms with van der Waals surface area (Å²) in [6.45, 7) is 3.35. The molecule has 0 spiro atoms. The number of carboxylic acids is 1. The summed E-state index contributed by atoms with van der Waals surface area (Å²) in [5.41, 5.74) is -0.684. The van der Waals surface area contributed by atoms with Crippen molar-refractivity contribution in [3.8, 4) is 0 Å². The summed E-state index contributed by atoms with van der Waals surface area (Å²) in [5.74, 6) is -2.29. The summed E-state index contributed by atoms with van der Waals surface area (Å²) in [6, 6.07) is 2.73. The van der Waals surface area contributed by atoms with E-state index in [4.69, 9.17) is 16.7 Å². The van der Waals surface area contributed by atoms with Gasteiger partial charge in [0.15, 0.2) is 0 Å². The van der Waals surface area contributed by atoms with Crippen LogP contribution in [0.1, 0.15) is 30.9 Å². The van der Waals surface area contributed by atoms with Gasteiger partial charge < -0.3 is 5.11 Å². The van der Waals surface area contributed by atoms with Crippen LogP contribution in [0.4, 0.5) is 13.2 Å². The number of aliphatic carboxylic acids is 1. The van der Waals surface area contributed by atoms with Crippen LogP contribution in [0, 0.1) is 5.92 Å². The number of alkyl halides is 3. The zero-order valence-electron chi connectivity index (χ0n) is 9.75. The molecule has 1 unspecified atom stereocenters. The number of hydrogen-bond acceptors (Lipinski definition) is 1. The van der Waals surface area contributed by atoms with Gasteiger partial charge in [-0.15, -0.1) is 0 Å². The maximum atomic E-state index is 12.4. The van der Waals surface area contributed by atoms with Crippen molar-refractivity contribution < 1.29 is 23.1 Å². The molecule has 0 fully saturated rings. The van der Waals surface area contributed by atoms with E-state index in [0.29, 0.717) is 0 Å². The summed E-state index contributed by atoms with van der Waals surface area (Å²) in [6.07, 6.45) is -4.49. The molecule has 1 aromatic rings. The minimum absolute atomic E-state index is 0.175. The summed E-state index contributed by atoms with van der Waals surface area (Å²) >= 11 is 5.75. The lowest BCUT2D eigenvalue weighted by Gasteiger charge is -2.19. The number of rotatable bonds is 3. The van der Waals surface area contributed by atoms with Crippen LogP contribution in [0.25, 0.3) is 0 Å². The Morgan fingerprint density at radius 3 is 2.22 bits per heavy atom. The zero-order valence-corrected chi connectivity index (χ0v) is 10.5. The first-order valence-electron chi connectivity index (χ1n) is 5.24. The Morgan fingerprint density at radius 1 is 1.33 bits per heavy atom. The van der Waals surface area contributed by atoms with Gasteiger partial charge in [-0.25, -0.2) is 0 Å². The molecule has 1 aromatic carbocycles. The average molecular weight is 281 g/mol. The van der Waals surface area contributed by atoms with Crippen molar-refractivity contribution in [3.05, 3.63) is 34.3 Å². The molecule has 100 valence electrons. The predicted octanol–water partition coefficient (Wildman–Crippen LogP) is 4.18. The van der Waals surface area contributed by atoms with Gasteiger partial charge in [0.1, 0.15) is 0 Å². The van der Waals surface area contributed by atoms with E-state index in [2.05, 4.69) is 0 Å². The third-order valence-corrected chi connectivity index (χ3v) is 2.92. The van der Waals surface area contributed by atoms with E-state index in [-0.39, 0.29) is 16.5 Å². The van der Waals surface area contributed by atoms with Crippen molar-refractivity contribution in [3.63, 3.8) is 0 Å². The fourth-order valence-electron chi connectivity index (χ4n) is 1.73. The van der Waals surface area contributed by atoms with E-state index in [1.807, 2.05) is 0 Å². The maximum Gasteiger partial charge on any atom is 0.416 e. The monoisotopic (exact) mass is 280 g/mol. The topological polar surface area (TPSA) is 37.3 Å². The smallest absolute Gasteiger partial charge is 0.416 e. The Morgan fingerprint density at radius 2 is 1.89 bits per heavy atom. The summed E-state index contributed by atoms with van der Waals surface area (Å²) in [7, 11) is 0. The highest BCUT2D eigenvalue weighted by atomic mass is 35.5. The van der Waals surface area contributed by atoms with Gasteiger partial charge in [-0.1, -0.05) is 31.5 Å². The Hall–Kier alpha value is -1.23. The first-order valence-corrected chi connectivity index (χ1v) is 5.62. The Kier molecular flexibility index (Phi) is 4.27. The van der Waals surface area contributed by atoms with Gasteiger partial charge in [0.25, 0.3) is 0 Å². The number of halogens is 4. The van der Waals surface area contributed by atoms with Gasteiger partial charge in [-0.2, -0.15) is 13.2 Å². The molecule has 18 heavy (non-hydrogen) atoms. The van der Waals surface area contributed by atoms with Crippen LogP contribution in [0.5, 0.6) is 0 Å². The van der Waals surface area contributed by atoms with Crippen molar-refractivity contribution >= 4 is 17.6 Å². The molecule has 1 N–H and O–H groups in total. The Labute approximate surface area is 107 Å². The largest absolute Gasteiger partial charge is 0.481 e. The number of carboxylic acid groups (broad SMARTS) is 1. The number of hydrogen-bond donors (Lipinski definition) is 1. The number of carbonyl (C=O) groups is 1. The highest BCUT2D eigenvalue weighted by Gasteiger charge is 2.32. The lowest BCUT2D eigenvalue weighted by molar-refractivity contribution is -0.139. The van der Waals surface area contributed by atoms with E-state index in [1.54, 1.807) is 13.8 Å². The minimum atomic E-state index is -4.49. The third-order valence-electron chi connectivity index (χ3n) is 2.60. The fraction of sp³-hybridized carbons (Fsp3) is 0.417. The molecule has 0 aliphatic rings. The zero-order chi connectivity index (χ0) is 14.1. The van der Waals surface area contributed by atoms with E-state index >= 15 is 0 Å². The first kappa shape index (κ1) is 14.8. The Bertz CT molecular complexity index is 455. The van der Waals surface area contributed by atoms with Crippen molar-refractivity contribution in [2.45, 2.75) is 25.9 Å². The summed E-state index contributed by atoms with van der Waals surface area (Å²) in [4.78, 5) is 11.1. The lowest BCUT2D eigenvalue weighted by Crippen LogP contribution is -2.18. The third kappa shape index (κ3) is 3.16. The second-order valence-corrected chi connectivity index (χ2v) is 4.70. The normalized spacial score (nSPS) is 13.7. The fourth-order valence-corrected chi connectivity index (χ4v) is 2.03. The van der Waals surface area contributed by atoms with Gasteiger partial charge in [-0.3, -0.25) is 4.79 Å². The molecule has 2 nitrogen and oxygen atoms in total. The van der Waals surface area contributed by atoms with Crippen LogP contribution in [0.3, 0.4) is 0 Å². The van der Waals surface area contributed by atoms with Gasteiger partial charge in [-0.05, 0) is 23.6 Å². The molecule has 0 bridgehead atoms. The molecule has 0 aromatic heterocycles. The summed E-state index contributed by atoms with van der Waals surface area (Å²) < 4.78 is 37.3. The molecule has 1 rings (SSSR count). The van der Waals surface area contributed by atoms with E-state index < -0.39 is 23.6 Å². The molecule has 1 atom stereocenters. The molecular weight excluding hydrogens is 269 g/mol. The van der Waals surface area contributed by atoms with Crippen LogP contribution in [-0.2, 0) is 11.0 Å². The Balaban J connectivity index is 3.24. The second kappa shape index (κ2) is 5.18. The molecule has 0 radical (unpaired) electrons. The van der Waals surface area contributed by atoms with E-state index in [1.165, 1.54) is 0 Å². The van der Waals surface area contributed by atoms with Gasteiger partial charge in [0, 0.05) is 5.02 Å². The molecule has 0 heterocycles. The predicted molar refractivity (Wildman–Crippen MR) is 61.7 cm³/mol. The minimum Gasteiger partial charge on any atom is -0.481 e. The SMILES string of the molecule is CC(C)C(C(=O)O)c1ccc(C(F)(F)F)cc1Cl. The van der Waals surface area contributed by atoms with Gasteiger partial charge in [0.05, 0.1) is 11.5 Å². The molecule has 0 aliphatic carbocycles. The van der Waals surface area contributed by atoms with Crippen LogP contribution in [0.15, 0.2) is 18.2 Å². The molecular formula is C12H12ClF3O2. The molecule has 0 saturated heterocycles. The van der Waals surface area contributed by atoms with Crippen molar-refractivity contribution in [1.82, 2.24) is 0 Å². The second-order valence-electron chi connectivity index (χ2n) is 4.29. The molecule has 0 saturated carbocycles. The standard InChI is InChI=1S/C12H12ClF3O2/c1-6(2)10(11(17)18)8-4-3-7(5-9(8)13)12(14,15)16/h3-6,10H,1-2H3,(H,17,18). The highest BCUT2D eigenvalue weighted by molar-refractivity contribution is 6.31. The maximum absolute atomic E-state index is 12.4. The van der Waals surface area contributed by atoms with Crippen LogP contribution >= 0.6 is 11.6 Å². The van der Waals surface area contributed by atoms with E-state index in [9.17, 15) is 18.0 Å². The van der Waals surface area contributed by atoms with Crippen LogP contribution in [0.2, 0.25) is 5.02 Å².